The number of nitrogens with zero attached hydrogens (tertiary/aromatic N) is 1. The summed E-state index contributed by atoms with van der Waals surface area (Å²) in [5, 5.41) is 12.3. The normalized spacial score (nSPS) is 20.5. The van der Waals surface area contributed by atoms with E-state index in [1.807, 2.05) is 0 Å². The summed E-state index contributed by atoms with van der Waals surface area (Å²) >= 11 is 0. The molecule has 0 saturated heterocycles. The van der Waals surface area contributed by atoms with Crippen molar-refractivity contribution in [3.05, 3.63) is 33.7 Å². The highest BCUT2D eigenvalue weighted by Gasteiger charge is 2.34. The van der Waals surface area contributed by atoms with Gasteiger partial charge in [-0.2, -0.15) is 5.26 Å². The molecule has 0 aliphatic heterocycles. The predicted octanol–water partition coefficient (Wildman–Crippen LogP) is 2.21. The Balaban J connectivity index is 1.81. The van der Waals surface area contributed by atoms with Gasteiger partial charge < -0.3 is 10.3 Å². The third-order valence-electron chi connectivity index (χ3n) is 4.42. The van der Waals surface area contributed by atoms with Crippen molar-refractivity contribution in [2.45, 2.75) is 56.4 Å². The lowest BCUT2D eigenvalue weighted by molar-refractivity contribution is 0.0902. The van der Waals surface area contributed by atoms with Gasteiger partial charge in [0.15, 0.2) is 0 Å². The molecule has 110 valence electrons. The molecule has 0 bridgehead atoms. The first-order valence-corrected chi connectivity index (χ1v) is 7.60. The van der Waals surface area contributed by atoms with E-state index in [1.54, 1.807) is 6.07 Å². The molecule has 0 unspecified atom stereocenters. The van der Waals surface area contributed by atoms with Gasteiger partial charge in [-0.3, -0.25) is 9.59 Å². The van der Waals surface area contributed by atoms with Crippen molar-refractivity contribution in [1.82, 2.24) is 10.3 Å². The van der Waals surface area contributed by atoms with E-state index in [0.717, 1.165) is 37.8 Å². The van der Waals surface area contributed by atoms with Crippen molar-refractivity contribution in [3.8, 4) is 6.07 Å². The average molecular weight is 285 g/mol. The smallest absolute Gasteiger partial charge is 0.252 e. The van der Waals surface area contributed by atoms with E-state index in [0.29, 0.717) is 24.3 Å². The summed E-state index contributed by atoms with van der Waals surface area (Å²) in [6, 6.07) is 5.33. The number of carbonyl (C=O) groups excluding carboxylic acids is 1. The highest BCUT2D eigenvalue weighted by atomic mass is 16.2. The van der Waals surface area contributed by atoms with Crippen molar-refractivity contribution >= 4 is 5.91 Å². The number of nitriles is 1. The van der Waals surface area contributed by atoms with Crippen LogP contribution in [0.1, 0.15) is 66.9 Å². The van der Waals surface area contributed by atoms with Crippen LogP contribution in [0.15, 0.2) is 16.9 Å². The minimum Gasteiger partial charge on any atom is -0.334 e. The molecule has 1 amide bonds. The van der Waals surface area contributed by atoms with E-state index in [4.69, 9.17) is 0 Å². The van der Waals surface area contributed by atoms with Gasteiger partial charge in [-0.05, 0) is 37.7 Å². The first kappa shape index (κ1) is 13.9. The number of amides is 1. The van der Waals surface area contributed by atoms with E-state index in [2.05, 4.69) is 16.4 Å². The fourth-order valence-corrected chi connectivity index (χ4v) is 3.02. The molecule has 3 rings (SSSR count). The Kier molecular flexibility index (Phi) is 3.54. The number of rotatable bonds is 3. The first-order chi connectivity index (χ1) is 10.1. The molecule has 1 heterocycles. The van der Waals surface area contributed by atoms with Crippen LogP contribution in [0.2, 0.25) is 0 Å². The van der Waals surface area contributed by atoms with Gasteiger partial charge in [0.25, 0.3) is 5.91 Å². The maximum absolute atomic E-state index is 12.4. The third kappa shape index (κ3) is 2.99. The zero-order valence-electron chi connectivity index (χ0n) is 11.9. The van der Waals surface area contributed by atoms with Crippen LogP contribution in [0.25, 0.3) is 0 Å². The van der Waals surface area contributed by atoms with Crippen LogP contribution in [0.5, 0.6) is 0 Å². The molecule has 21 heavy (non-hydrogen) atoms. The van der Waals surface area contributed by atoms with Crippen molar-refractivity contribution in [2.75, 3.05) is 0 Å². The summed E-state index contributed by atoms with van der Waals surface area (Å²) in [6.45, 7) is 0. The molecule has 5 heteroatoms. The highest BCUT2D eigenvalue weighted by Crippen LogP contribution is 2.38. The van der Waals surface area contributed by atoms with Crippen molar-refractivity contribution in [3.63, 3.8) is 0 Å². The molecule has 0 radical (unpaired) electrons. The summed E-state index contributed by atoms with van der Waals surface area (Å²) in [6.07, 6.45) is 6.51. The monoisotopic (exact) mass is 285 g/mol. The number of H-pyrrole nitrogens is 1. The minimum absolute atomic E-state index is 0.251. The molecule has 2 aliphatic carbocycles. The molecule has 2 aliphatic rings. The van der Waals surface area contributed by atoms with Gasteiger partial charge in [0.05, 0.1) is 6.07 Å². The third-order valence-corrected chi connectivity index (χ3v) is 4.42. The van der Waals surface area contributed by atoms with Crippen LogP contribution >= 0.6 is 0 Å². The van der Waals surface area contributed by atoms with Crippen LogP contribution in [0, 0.1) is 11.3 Å². The van der Waals surface area contributed by atoms with Crippen LogP contribution in [-0.4, -0.2) is 16.4 Å². The van der Waals surface area contributed by atoms with Crippen molar-refractivity contribution < 1.29 is 4.79 Å². The number of hydrogen-bond acceptors (Lipinski definition) is 3. The molecule has 1 aromatic heterocycles. The quantitative estimate of drug-likeness (QED) is 0.892. The molecule has 0 atom stereocenters. The lowest BCUT2D eigenvalue weighted by Gasteiger charge is -2.31. The number of hydrogen-bond donors (Lipinski definition) is 2. The van der Waals surface area contributed by atoms with Gasteiger partial charge in [-0.1, -0.05) is 19.3 Å². The second-order valence-electron chi connectivity index (χ2n) is 6.17. The average Bonchev–Trinajstić information content (AvgIpc) is 3.32. The highest BCUT2D eigenvalue weighted by molar-refractivity contribution is 5.95. The first-order valence-electron chi connectivity index (χ1n) is 7.60. The minimum atomic E-state index is -0.766. The molecule has 1 aromatic rings. The second-order valence-corrected chi connectivity index (χ2v) is 6.17. The molecular formula is C16H19N3O2. The summed E-state index contributed by atoms with van der Waals surface area (Å²) in [4.78, 5) is 26.9. The number of pyridine rings is 1. The van der Waals surface area contributed by atoms with E-state index < -0.39 is 5.54 Å². The van der Waals surface area contributed by atoms with Gasteiger partial charge >= 0.3 is 0 Å². The van der Waals surface area contributed by atoms with Gasteiger partial charge in [0.1, 0.15) is 5.54 Å². The zero-order valence-corrected chi connectivity index (χ0v) is 11.9. The van der Waals surface area contributed by atoms with Crippen LogP contribution in [0.4, 0.5) is 0 Å². The molecular weight excluding hydrogens is 266 g/mol. The van der Waals surface area contributed by atoms with Gasteiger partial charge in [-0.25, -0.2) is 0 Å². The Morgan fingerprint density at radius 3 is 2.62 bits per heavy atom. The zero-order chi connectivity index (χ0) is 14.9. The van der Waals surface area contributed by atoms with Crippen LogP contribution < -0.4 is 10.9 Å². The van der Waals surface area contributed by atoms with Crippen molar-refractivity contribution in [1.29, 1.82) is 5.26 Å². The van der Waals surface area contributed by atoms with E-state index in [9.17, 15) is 14.9 Å². The fraction of sp³-hybridized carbons (Fsp3) is 0.562. The van der Waals surface area contributed by atoms with Crippen LogP contribution in [-0.2, 0) is 0 Å². The Morgan fingerprint density at radius 1 is 1.29 bits per heavy atom. The van der Waals surface area contributed by atoms with Gasteiger partial charge in [0, 0.05) is 17.3 Å². The lowest BCUT2D eigenvalue weighted by atomic mass is 9.82. The fourth-order valence-electron chi connectivity index (χ4n) is 3.02. The Labute approximate surface area is 123 Å². The number of carbonyl (C=O) groups is 1. The SMILES string of the molecule is N#CC1(NC(=O)c2cc(C3CC3)[nH]c(=O)c2)CCCCC1. The predicted molar refractivity (Wildman–Crippen MR) is 77.9 cm³/mol. The number of aromatic amines is 1. The maximum Gasteiger partial charge on any atom is 0.252 e. The largest absolute Gasteiger partial charge is 0.334 e. The summed E-state index contributed by atoms with van der Waals surface area (Å²) in [5.41, 5.74) is 0.180. The summed E-state index contributed by atoms with van der Waals surface area (Å²) < 4.78 is 0. The molecule has 2 N–H and O–H groups in total. The van der Waals surface area contributed by atoms with Gasteiger partial charge in [-0.15, -0.1) is 0 Å². The molecule has 0 aromatic carbocycles. The molecule has 5 nitrogen and oxygen atoms in total. The topological polar surface area (TPSA) is 85.8 Å². The molecule has 2 fully saturated rings. The second kappa shape index (κ2) is 5.36. The van der Waals surface area contributed by atoms with E-state index in [1.165, 1.54) is 6.07 Å². The van der Waals surface area contributed by atoms with Crippen molar-refractivity contribution in [2.24, 2.45) is 0 Å². The maximum atomic E-state index is 12.4. The molecule has 0 spiro atoms. The number of aromatic nitrogens is 1. The Bertz CT molecular complexity index is 646. The summed E-state index contributed by atoms with van der Waals surface area (Å²) in [5.74, 6) is 0.0662. The summed E-state index contributed by atoms with van der Waals surface area (Å²) in [7, 11) is 0. The van der Waals surface area contributed by atoms with Crippen LogP contribution in [0.3, 0.4) is 0 Å². The molecule has 2 saturated carbocycles. The standard InChI is InChI=1S/C16H19N3O2/c17-10-16(6-2-1-3-7-16)19-15(21)12-8-13(11-4-5-11)18-14(20)9-12/h8-9,11H,1-7H2,(H,18,20)(H,19,21). The Morgan fingerprint density at radius 2 is 2.00 bits per heavy atom. The number of nitrogens with one attached hydrogen (secondary N) is 2. The lowest BCUT2D eigenvalue weighted by Crippen LogP contribution is -2.48. The van der Waals surface area contributed by atoms with E-state index >= 15 is 0 Å². The van der Waals surface area contributed by atoms with Gasteiger partial charge in [0.2, 0.25) is 5.56 Å². The van der Waals surface area contributed by atoms with E-state index in [-0.39, 0.29) is 11.5 Å². The Hall–Kier alpha value is -2.09.